The largest absolute Gasteiger partial charge is 0.476 e. The highest BCUT2D eigenvalue weighted by Gasteiger charge is 2.09. The predicted molar refractivity (Wildman–Crippen MR) is 100 cm³/mol. The van der Waals surface area contributed by atoms with Crippen molar-refractivity contribution < 1.29 is 9.84 Å². The highest BCUT2D eigenvalue weighted by molar-refractivity contribution is 5.31. The number of nitrogens with zero attached hydrogens (tertiary/aromatic N) is 2. The van der Waals surface area contributed by atoms with Gasteiger partial charge in [-0.3, -0.25) is 4.79 Å². The summed E-state index contributed by atoms with van der Waals surface area (Å²) in [4.78, 5) is 12.5. The standard InChI is InChI=1S/C18H32N4O3/c1-3-4-5-7-10-22-18(24)16(13-20)15(12-19)17(21-22)25-11-8-6-9-14(2)23/h12-14,23H,3-11,19-20H2,1-2H3/b15-12+,16-13?. The van der Waals surface area contributed by atoms with E-state index in [9.17, 15) is 9.90 Å². The van der Waals surface area contributed by atoms with Crippen molar-refractivity contribution in [3.63, 3.8) is 0 Å². The van der Waals surface area contributed by atoms with Crippen LogP contribution in [0, 0.1) is 0 Å². The normalized spacial score (nSPS) is 14.0. The molecule has 25 heavy (non-hydrogen) atoms. The van der Waals surface area contributed by atoms with Crippen LogP contribution in [0.25, 0.3) is 12.4 Å². The molecule has 7 heteroatoms. The maximum absolute atomic E-state index is 12.5. The van der Waals surface area contributed by atoms with Crippen LogP contribution in [0.2, 0.25) is 0 Å². The Kier molecular flexibility index (Phi) is 9.69. The second kappa shape index (κ2) is 11.5. The van der Waals surface area contributed by atoms with Gasteiger partial charge in [-0.15, -0.1) is 5.10 Å². The van der Waals surface area contributed by atoms with Gasteiger partial charge in [0, 0.05) is 18.9 Å². The zero-order valence-electron chi connectivity index (χ0n) is 15.4. The van der Waals surface area contributed by atoms with Crippen molar-refractivity contribution in [2.75, 3.05) is 6.61 Å². The average molecular weight is 352 g/mol. The van der Waals surface area contributed by atoms with Crippen LogP contribution in [0.3, 0.4) is 0 Å². The molecular formula is C18H32N4O3. The predicted octanol–water partition coefficient (Wildman–Crippen LogP) is 0.147. The van der Waals surface area contributed by atoms with E-state index >= 15 is 0 Å². The molecule has 0 radical (unpaired) electrons. The molecule has 1 aromatic heterocycles. The molecule has 1 aromatic rings. The van der Waals surface area contributed by atoms with Gasteiger partial charge in [0.1, 0.15) is 0 Å². The van der Waals surface area contributed by atoms with Crippen LogP contribution in [0.5, 0.6) is 5.88 Å². The summed E-state index contributed by atoms with van der Waals surface area (Å²) in [7, 11) is 0. The highest BCUT2D eigenvalue weighted by atomic mass is 16.5. The fourth-order valence-electron chi connectivity index (χ4n) is 2.56. The first-order valence-corrected chi connectivity index (χ1v) is 9.11. The van der Waals surface area contributed by atoms with Crippen molar-refractivity contribution in [2.45, 2.75) is 71.4 Å². The van der Waals surface area contributed by atoms with Gasteiger partial charge in [0.15, 0.2) is 0 Å². The molecule has 142 valence electrons. The Labute approximate surface area is 149 Å². The molecule has 0 aromatic carbocycles. The van der Waals surface area contributed by atoms with Crippen LogP contribution in [0.15, 0.2) is 4.79 Å². The first-order chi connectivity index (χ1) is 12.0. The minimum Gasteiger partial charge on any atom is -0.476 e. The van der Waals surface area contributed by atoms with Crippen molar-refractivity contribution in [1.82, 2.24) is 9.78 Å². The van der Waals surface area contributed by atoms with Crippen LogP contribution < -0.4 is 32.2 Å². The van der Waals surface area contributed by atoms with Crippen molar-refractivity contribution in [1.29, 1.82) is 0 Å². The number of rotatable bonds is 11. The first kappa shape index (κ1) is 21.0. The number of aryl methyl sites for hydroxylation is 1. The molecule has 7 nitrogen and oxygen atoms in total. The maximum atomic E-state index is 12.5. The number of hydrogen-bond acceptors (Lipinski definition) is 6. The van der Waals surface area contributed by atoms with Crippen molar-refractivity contribution >= 4 is 12.4 Å². The lowest BCUT2D eigenvalue weighted by molar-refractivity contribution is 0.176. The molecule has 0 saturated heterocycles. The zero-order chi connectivity index (χ0) is 18.7. The smallest absolute Gasteiger partial charge is 0.276 e. The number of aliphatic hydroxyl groups is 1. The van der Waals surface area contributed by atoms with Crippen molar-refractivity contribution in [3.05, 3.63) is 20.8 Å². The summed E-state index contributed by atoms with van der Waals surface area (Å²) in [5.74, 6) is 0.325. The quantitative estimate of drug-likeness (QED) is 0.488. The van der Waals surface area contributed by atoms with E-state index in [4.69, 9.17) is 16.2 Å². The Balaban J connectivity index is 2.92. The highest BCUT2D eigenvalue weighted by Crippen LogP contribution is 2.03. The molecule has 1 rings (SSSR count). The SMILES string of the molecule is CCCCCCn1nc(OCCCCC(C)O)/c(=C/N)c(=CN)c1=O. The van der Waals surface area contributed by atoms with Crippen LogP contribution >= 0.6 is 0 Å². The minimum atomic E-state index is -0.311. The summed E-state index contributed by atoms with van der Waals surface area (Å²) in [5.41, 5.74) is 11.0. The molecule has 0 spiro atoms. The van der Waals surface area contributed by atoms with Gasteiger partial charge in [-0.25, -0.2) is 4.68 Å². The molecule has 0 aliphatic heterocycles. The van der Waals surface area contributed by atoms with Gasteiger partial charge in [-0.1, -0.05) is 26.2 Å². The molecule has 0 aliphatic rings. The minimum absolute atomic E-state index is 0.253. The van der Waals surface area contributed by atoms with Gasteiger partial charge >= 0.3 is 0 Å². The van der Waals surface area contributed by atoms with Crippen LogP contribution in [0.4, 0.5) is 0 Å². The Morgan fingerprint density at radius 3 is 2.48 bits per heavy atom. The maximum Gasteiger partial charge on any atom is 0.276 e. The van der Waals surface area contributed by atoms with Crippen LogP contribution in [-0.2, 0) is 6.54 Å². The van der Waals surface area contributed by atoms with Crippen LogP contribution in [-0.4, -0.2) is 27.6 Å². The molecule has 1 heterocycles. The fourth-order valence-corrected chi connectivity index (χ4v) is 2.56. The second-order valence-electron chi connectivity index (χ2n) is 6.25. The lowest BCUT2D eigenvalue weighted by atomic mass is 10.2. The summed E-state index contributed by atoms with van der Waals surface area (Å²) < 4.78 is 7.15. The van der Waals surface area contributed by atoms with E-state index in [2.05, 4.69) is 12.0 Å². The Morgan fingerprint density at radius 2 is 1.88 bits per heavy atom. The summed E-state index contributed by atoms with van der Waals surface area (Å²) in [6, 6.07) is 0. The van der Waals surface area contributed by atoms with Crippen molar-refractivity contribution in [2.24, 2.45) is 11.5 Å². The average Bonchev–Trinajstić information content (AvgIpc) is 2.59. The zero-order valence-corrected chi connectivity index (χ0v) is 15.4. The van der Waals surface area contributed by atoms with Gasteiger partial charge < -0.3 is 21.3 Å². The molecule has 1 unspecified atom stereocenters. The number of unbranched alkanes of at least 4 members (excludes halogenated alkanes) is 4. The lowest BCUT2D eigenvalue weighted by Gasteiger charge is -2.10. The third-order valence-electron chi connectivity index (χ3n) is 4.01. The van der Waals surface area contributed by atoms with E-state index in [0.29, 0.717) is 29.5 Å². The summed E-state index contributed by atoms with van der Waals surface area (Å²) in [5, 5.41) is 14.3. The molecule has 0 fully saturated rings. The van der Waals surface area contributed by atoms with Gasteiger partial charge in [-0.2, -0.15) is 0 Å². The molecule has 0 bridgehead atoms. The summed E-state index contributed by atoms with van der Waals surface area (Å²) in [6.07, 6.45) is 8.81. The Bertz CT molecular complexity index is 683. The van der Waals surface area contributed by atoms with Gasteiger partial charge in [0.25, 0.3) is 5.56 Å². The second-order valence-corrected chi connectivity index (χ2v) is 6.25. The van der Waals surface area contributed by atoms with Crippen LogP contribution in [0.1, 0.15) is 58.8 Å². The topological polar surface area (TPSA) is 116 Å². The summed E-state index contributed by atoms with van der Waals surface area (Å²) in [6.45, 7) is 4.88. The van der Waals surface area contributed by atoms with E-state index in [0.717, 1.165) is 44.9 Å². The molecule has 0 amide bonds. The van der Waals surface area contributed by atoms with E-state index in [1.165, 1.54) is 17.1 Å². The molecule has 0 saturated carbocycles. The van der Waals surface area contributed by atoms with Gasteiger partial charge in [0.05, 0.1) is 23.1 Å². The van der Waals surface area contributed by atoms with E-state index in [-0.39, 0.29) is 11.7 Å². The number of aromatic nitrogens is 2. The monoisotopic (exact) mass is 352 g/mol. The fraction of sp³-hybridized carbons (Fsp3) is 0.667. The number of nitrogens with two attached hydrogens (primary N) is 2. The number of ether oxygens (including phenoxy) is 1. The third kappa shape index (κ3) is 6.78. The Morgan fingerprint density at radius 1 is 1.16 bits per heavy atom. The van der Waals surface area contributed by atoms with Crippen molar-refractivity contribution in [3.8, 4) is 5.88 Å². The summed E-state index contributed by atoms with van der Waals surface area (Å²) >= 11 is 0. The van der Waals surface area contributed by atoms with E-state index in [1.54, 1.807) is 6.92 Å². The first-order valence-electron chi connectivity index (χ1n) is 9.11. The molecular weight excluding hydrogens is 320 g/mol. The lowest BCUT2D eigenvalue weighted by Crippen LogP contribution is -2.48. The number of aliphatic hydroxyl groups excluding tert-OH is 1. The van der Waals surface area contributed by atoms with E-state index < -0.39 is 0 Å². The van der Waals surface area contributed by atoms with Gasteiger partial charge in [0.2, 0.25) is 5.88 Å². The third-order valence-corrected chi connectivity index (χ3v) is 4.01. The van der Waals surface area contributed by atoms with E-state index in [1.807, 2.05) is 0 Å². The van der Waals surface area contributed by atoms with Gasteiger partial charge in [-0.05, 0) is 32.6 Å². The molecule has 0 aliphatic carbocycles. The Hall–Kier alpha value is -2.02. The molecule has 1 atom stereocenters. The number of hydrogen-bond donors (Lipinski definition) is 3. The molecule has 5 N–H and O–H groups in total.